The maximum atomic E-state index is 6.02. The van der Waals surface area contributed by atoms with E-state index in [1.54, 1.807) is 0 Å². The van der Waals surface area contributed by atoms with Crippen LogP contribution in [0.5, 0.6) is 0 Å². The van der Waals surface area contributed by atoms with Gasteiger partial charge in [-0.15, -0.1) is 0 Å². The van der Waals surface area contributed by atoms with E-state index in [1.807, 2.05) is 42.5 Å². The summed E-state index contributed by atoms with van der Waals surface area (Å²) in [4.78, 5) is 0. The minimum Gasteiger partial charge on any atom is -0.399 e. The van der Waals surface area contributed by atoms with Crippen molar-refractivity contribution in [3.63, 3.8) is 0 Å². The van der Waals surface area contributed by atoms with Crippen LogP contribution in [0.4, 0.5) is 11.4 Å². The molecule has 0 amide bonds. The Bertz CT molecular complexity index is 1080. The summed E-state index contributed by atoms with van der Waals surface area (Å²) in [5.41, 5.74) is 21.4. The highest BCUT2D eigenvalue weighted by molar-refractivity contribution is 5.82. The van der Waals surface area contributed by atoms with E-state index in [0.717, 1.165) is 50.3 Å². The zero-order chi connectivity index (χ0) is 19.5. The molecule has 0 aromatic heterocycles. The van der Waals surface area contributed by atoms with Gasteiger partial charge in [0, 0.05) is 11.4 Å². The van der Waals surface area contributed by atoms with Crippen LogP contribution < -0.4 is 11.5 Å². The predicted molar refractivity (Wildman–Crippen MR) is 122 cm³/mol. The number of hydrogen-bond acceptors (Lipinski definition) is 2. The van der Waals surface area contributed by atoms with Crippen LogP contribution in [0.25, 0.3) is 39.5 Å². The van der Waals surface area contributed by atoms with Crippen LogP contribution in [0.2, 0.25) is 0 Å². The largest absolute Gasteiger partial charge is 0.399 e. The monoisotopic (exact) mass is 362 g/mol. The first-order valence-electron chi connectivity index (χ1n) is 9.22. The van der Waals surface area contributed by atoms with Crippen LogP contribution >= 0.6 is 0 Å². The van der Waals surface area contributed by atoms with Gasteiger partial charge in [-0.05, 0) is 81.4 Å². The lowest BCUT2D eigenvalue weighted by Crippen LogP contribution is -1.89. The third-order valence-electron chi connectivity index (χ3n) is 4.85. The maximum absolute atomic E-state index is 6.02. The lowest BCUT2D eigenvalue weighted by Gasteiger charge is -2.12. The minimum atomic E-state index is 0.753. The molecule has 0 unspecified atom stereocenters. The molecule has 2 nitrogen and oxygen atoms in total. The molecule has 2 heteroatoms. The molecule has 4 N–H and O–H groups in total. The molecule has 0 aliphatic carbocycles. The molecule has 0 spiro atoms. The normalized spacial score (nSPS) is 10.6. The number of nitrogens with two attached hydrogens (primary N) is 2. The standard InChI is InChI=1S/C26H22N2/c1-2-18-9-11-19(12-10-18)22-13-23(20-5-3-7-25(27)16-20)15-24(14-22)21-6-4-8-26(28)17-21/h2-17H,1,27-28H2. The third-order valence-corrected chi connectivity index (χ3v) is 4.85. The van der Waals surface area contributed by atoms with Gasteiger partial charge in [-0.25, -0.2) is 0 Å². The Kier molecular flexibility index (Phi) is 4.69. The molecule has 0 radical (unpaired) electrons. The molecule has 136 valence electrons. The van der Waals surface area contributed by atoms with Crippen molar-refractivity contribution >= 4 is 17.5 Å². The first-order valence-corrected chi connectivity index (χ1v) is 9.22. The maximum Gasteiger partial charge on any atom is 0.0320 e. The minimum absolute atomic E-state index is 0.753. The van der Waals surface area contributed by atoms with E-state index < -0.39 is 0 Å². The van der Waals surface area contributed by atoms with Crippen LogP contribution in [0.15, 0.2) is 97.6 Å². The van der Waals surface area contributed by atoms with Crippen molar-refractivity contribution in [2.75, 3.05) is 11.5 Å². The average Bonchev–Trinajstić information content (AvgIpc) is 2.73. The van der Waals surface area contributed by atoms with E-state index in [-0.39, 0.29) is 0 Å². The van der Waals surface area contributed by atoms with Crippen molar-refractivity contribution in [2.45, 2.75) is 0 Å². The Labute approximate surface area is 165 Å². The molecule has 0 saturated carbocycles. The summed E-state index contributed by atoms with van der Waals surface area (Å²) in [6.07, 6.45) is 1.85. The molecule has 0 heterocycles. The van der Waals surface area contributed by atoms with Gasteiger partial charge in [-0.2, -0.15) is 0 Å². The molecule has 0 fully saturated rings. The number of benzene rings is 4. The molecule has 0 aliphatic rings. The molecule has 4 rings (SSSR count). The van der Waals surface area contributed by atoms with Crippen molar-refractivity contribution in [3.8, 4) is 33.4 Å². The van der Waals surface area contributed by atoms with Crippen LogP contribution in [0.1, 0.15) is 5.56 Å². The lowest BCUT2D eigenvalue weighted by molar-refractivity contribution is 1.56. The topological polar surface area (TPSA) is 52.0 Å². The molecule has 28 heavy (non-hydrogen) atoms. The van der Waals surface area contributed by atoms with Gasteiger partial charge in [0.2, 0.25) is 0 Å². The van der Waals surface area contributed by atoms with Crippen molar-refractivity contribution in [3.05, 3.63) is 103 Å². The molecule has 0 atom stereocenters. The summed E-state index contributed by atoms with van der Waals surface area (Å²) in [6, 6.07) is 30.9. The Hall–Kier alpha value is -3.78. The van der Waals surface area contributed by atoms with Gasteiger partial charge in [-0.3, -0.25) is 0 Å². The summed E-state index contributed by atoms with van der Waals surface area (Å²) >= 11 is 0. The summed E-state index contributed by atoms with van der Waals surface area (Å²) in [5.74, 6) is 0. The van der Waals surface area contributed by atoms with E-state index in [0.29, 0.717) is 0 Å². The summed E-state index contributed by atoms with van der Waals surface area (Å²) in [7, 11) is 0. The average molecular weight is 362 g/mol. The van der Waals surface area contributed by atoms with E-state index in [9.17, 15) is 0 Å². The second-order valence-electron chi connectivity index (χ2n) is 6.88. The summed E-state index contributed by atoms with van der Waals surface area (Å²) in [6.45, 7) is 3.83. The molecular weight excluding hydrogens is 340 g/mol. The zero-order valence-corrected chi connectivity index (χ0v) is 15.6. The first-order chi connectivity index (χ1) is 13.6. The molecule has 4 aromatic carbocycles. The van der Waals surface area contributed by atoms with Crippen LogP contribution in [-0.4, -0.2) is 0 Å². The smallest absolute Gasteiger partial charge is 0.0320 e. The highest BCUT2D eigenvalue weighted by Gasteiger charge is 2.08. The number of rotatable bonds is 4. The Morgan fingerprint density at radius 1 is 0.500 bits per heavy atom. The van der Waals surface area contributed by atoms with Crippen molar-refractivity contribution in [1.29, 1.82) is 0 Å². The second-order valence-corrected chi connectivity index (χ2v) is 6.88. The second kappa shape index (κ2) is 7.45. The van der Waals surface area contributed by atoms with Crippen molar-refractivity contribution in [1.82, 2.24) is 0 Å². The van der Waals surface area contributed by atoms with Gasteiger partial charge in [0.1, 0.15) is 0 Å². The van der Waals surface area contributed by atoms with Crippen molar-refractivity contribution in [2.24, 2.45) is 0 Å². The SMILES string of the molecule is C=Cc1ccc(-c2cc(-c3cccc(N)c3)cc(-c3cccc(N)c3)c2)cc1. The molecule has 0 saturated heterocycles. The fraction of sp³-hybridized carbons (Fsp3) is 0. The zero-order valence-electron chi connectivity index (χ0n) is 15.6. The molecule has 4 aromatic rings. The van der Waals surface area contributed by atoms with E-state index in [1.165, 1.54) is 0 Å². The highest BCUT2D eigenvalue weighted by Crippen LogP contribution is 2.34. The van der Waals surface area contributed by atoms with Gasteiger partial charge < -0.3 is 11.5 Å². The fourth-order valence-corrected chi connectivity index (χ4v) is 3.38. The van der Waals surface area contributed by atoms with Crippen LogP contribution in [0.3, 0.4) is 0 Å². The third kappa shape index (κ3) is 3.67. The molecule has 0 bridgehead atoms. The van der Waals surface area contributed by atoms with Gasteiger partial charge in [0.25, 0.3) is 0 Å². The van der Waals surface area contributed by atoms with Gasteiger partial charge in [0.15, 0.2) is 0 Å². The summed E-state index contributed by atoms with van der Waals surface area (Å²) in [5, 5.41) is 0. The predicted octanol–water partition coefficient (Wildman–Crippen LogP) is 6.50. The Balaban J connectivity index is 1.90. The number of anilines is 2. The lowest BCUT2D eigenvalue weighted by atomic mass is 9.93. The number of nitrogen functional groups attached to an aromatic ring is 2. The molecule has 0 aliphatic heterocycles. The summed E-state index contributed by atoms with van der Waals surface area (Å²) < 4.78 is 0. The van der Waals surface area contributed by atoms with Gasteiger partial charge in [0.05, 0.1) is 0 Å². The highest BCUT2D eigenvalue weighted by atomic mass is 14.5. The Morgan fingerprint density at radius 2 is 0.964 bits per heavy atom. The van der Waals surface area contributed by atoms with E-state index >= 15 is 0 Å². The van der Waals surface area contributed by atoms with E-state index in [4.69, 9.17) is 11.5 Å². The number of hydrogen-bond donors (Lipinski definition) is 2. The van der Waals surface area contributed by atoms with Crippen LogP contribution in [-0.2, 0) is 0 Å². The fourth-order valence-electron chi connectivity index (χ4n) is 3.38. The first kappa shape index (κ1) is 17.6. The van der Waals surface area contributed by atoms with Crippen molar-refractivity contribution < 1.29 is 0 Å². The molecular formula is C26H22N2. The van der Waals surface area contributed by atoms with Gasteiger partial charge >= 0.3 is 0 Å². The quantitative estimate of drug-likeness (QED) is 0.407. The van der Waals surface area contributed by atoms with E-state index in [2.05, 4.69) is 61.2 Å². The van der Waals surface area contributed by atoms with Crippen LogP contribution in [0, 0.1) is 0 Å². The Morgan fingerprint density at radius 3 is 1.39 bits per heavy atom. The van der Waals surface area contributed by atoms with Gasteiger partial charge in [-0.1, -0.05) is 61.2 Å².